The first-order valence-corrected chi connectivity index (χ1v) is 8.63. The fraction of sp³-hybridized carbons (Fsp3) is 0.350. The zero-order valence-corrected chi connectivity index (χ0v) is 13.6. The lowest BCUT2D eigenvalue weighted by atomic mass is 9.93. The van der Waals surface area contributed by atoms with E-state index < -0.39 is 0 Å². The minimum Gasteiger partial charge on any atom is -0.493 e. The van der Waals surface area contributed by atoms with E-state index in [2.05, 4.69) is 34.9 Å². The molecule has 4 heteroatoms. The molecule has 2 aliphatic rings. The highest BCUT2D eigenvalue weighted by molar-refractivity contribution is 5.81. The minimum absolute atomic E-state index is 0.0807. The molecule has 1 amide bonds. The minimum atomic E-state index is -0.119. The molecule has 2 aliphatic heterocycles. The van der Waals surface area contributed by atoms with E-state index >= 15 is 0 Å². The van der Waals surface area contributed by atoms with Gasteiger partial charge < -0.3 is 15.4 Å². The number of hydrogen-bond acceptors (Lipinski definition) is 3. The molecule has 0 spiro atoms. The lowest BCUT2D eigenvalue weighted by Crippen LogP contribution is -2.51. The van der Waals surface area contributed by atoms with Crippen LogP contribution in [0.4, 0.5) is 0 Å². The van der Waals surface area contributed by atoms with E-state index in [1.165, 1.54) is 5.56 Å². The maximum Gasteiger partial charge on any atom is 0.226 e. The van der Waals surface area contributed by atoms with Crippen molar-refractivity contribution in [3.8, 4) is 5.75 Å². The van der Waals surface area contributed by atoms with Crippen LogP contribution >= 0.6 is 0 Å². The van der Waals surface area contributed by atoms with Crippen LogP contribution in [0, 0.1) is 5.92 Å². The largest absolute Gasteiger partial charge is 0.493 e. The first kappa shape index (κ1) is 15.2. The Bertz CT molecular complexity index is 726. The molecule has 2 aromatic rings. The van der Waals surface area contributed by atoms with Gasteiger partial charge in [0.25, 0.3) is 0 Å². The molecule has 1 unspecified atom stereocenters. The van der Waals surface area contributed by atoms with E-state index in [1.807, 2.05) is 24.3 Å². The Morgan fingerprint density at radius 2 is 1.96 bits per heavy atom. The highest BCUT2D eigenvalue weighted by atomic mass is 16.5. The Labute approximate surface area is 142 Å². The number of aryl methyl sites for hydroxylation is 1. The molecule has 0 radical (unpaired) electrons. The molecule has 1 atom stereocenters. The Balaban J connectivity index is 1.65. The molecule has 0 bridgehead atoms. The molecule has 2 aromatic carbocycles. The molecule has 1 fully saturated rings. The lowest BCUT2D eigenvalue weighted by Gasteiger charge is -2.29. The summed E-state index contributed by atoms with van der Waals surface area (Å²) in [6.45, 7) is 2.33. The molecular formula is C20H22N2O2. The number of benzene rings is 2. The van der Waals surface area contributed by atoms with Crippen LogP contribution in [0.3, 0.4) is 0 Å². The van der Waals surface area contributed by atoms with Crippen molar-refractivity contribution in [3.63, 3.8) is 0 Å². The molecule has 0 saturated carbocycles. The quantitative estimate of drug-likeness (QED) is 0.909. The Morgan fingerprint density at radius 3 is 2.71 bits per heavy atom. The van der Waals surface area contributed by atoms with E-state index in [0.29, 0.717) is 0 Å². The van der Waals surface area contributed by atoms with E-state index in [4.69, 9.17) is 4.74 Å². The van der Waals surface area contributed by atoms with Gasteiger partial charge in [-0.25, -0.2) is 0 Å². The first-order chi connectivity index (χ1) is 11.8. The molecule has 24 heavy (non-hydrogen) atoms. The van der Waals surface area contributed by atoms with E-state index in [0.717, 1.165) is 49.4 Å². The molecule has 2 heterocycles. The van der Waals surface area contributed by atoms with Crippen LogP contribution in [0.5, 0.6) is 5.75 Å². The third-order valence-corrected chi connectivity index (χ3v) is 4.84. The Kier molecular flexibility index (Phi) is 4.22. The van der Waals surface area contributed by atoms with Gasteiger partial charge in [-0.3, -0.25) is 4.79 Å². The second kappa shape index (κ2) is 6.65. The van der Waals surface area contributed by atoms with Gasteiger partial charge in [-0.15, -0.1) is 0 Å². The number of carbonyl (C=O) groups excluding carboxylic acids is 1. The van der Waals surface area contributed by atoms with Crippen molar-refractivity contribution < 1.29 is 9.53 Å². The fourth-order valence-corrected chi connectivity index (χ4v) is 3.30. The van der Waals surface area contributed by atoms with Crippen LogP contribution in [-0.2, 0) is 11.2 Å². The van der Waals surface area contributed by atoms with Gasteiger partial charge in [0.15, 0.2) is 0 Å². The molecule has 1 saturated heterocycles. The third kappa shape index (κ3) is 3.02. The van der Waals surface area contributed by atoms with Gasteiger partial charge in [0.2, 0.25) is 5.91 Å². The van der Waals surface area contributed by atoms with E-state index in [9.17, 15) is 4.79 Å². The van der Waals surface area contributed by atoms with Gasteiger partial charge in [0.1, 0.15) is 5.75 Å². The summed E-state index contributed by atoms with van der Waals surface area (Å²) in [5.41, 5.74) is 3.46. The van der Waals surface area contributed by atoms with Crippen LogP contribution in [-0.4, -0.2) is 25.6 Å². The molecule has 0 aromatic heterocycles. The monoisotopic (exact) mass is 322 g/mol. The van der Waals surface area contributed by atoms with Crippen molar-refractivity contribution in [1.29, 1.82) is 0 Å². The summed E-state index contributed by atoms with van der Waals surface area (Å²) in [6.07, 6.45) is 2.08. The summed E-state index contributed by atoms with van der Waals surface area (Å²) in [7, 11) is 0. The van der Waals surface area contributed by atoms with Crippen molar-refractivity contribution >= 4 is 5.91 Å². The highest BCUT2D eigenvalue weighted by Gasteiger charge is 2.28. The van der Waals surface area contributed by atoms with E-state index in [-0.39, 0.29) is 17.9 Å². The van der Waals surface area contributed by atoms with Crippen molar-refractivity contribution in [2.75, 3.05) is 19.7 Å². The summed E-state index contributed by atoms with van der Waals surface area (Å²) < 4.78 is 5.71. The third-order valence-electron chi connectivity index (χ3n) is 4.84. The summed E-state index contributed by atoms with van der Waals surface area (Å²) in [5, 5.41) is 6.40. The van der Waals surface area contributed by atoms with Gasteiger partial charge in [0, 0.05) is 13.1 Å². The first-order valence-electron chi connectivity index (χ1n) is 8.63. The fourth-order valence-electron chi connectivity index (χ4n) is 3.30. The number of nitrogens with one attached hydrogen (secondary N) is 2. The van der Waals surface area contributed by atoms with Gasteiger partial charge in [-0.05, 0) is 41.7 Å². The maximum atomic E-state index is 12.5. The lowest BCUT2D eigenvalue weighted by molar-refractivity contribution is -0.126. The predicted molar refractivity (Wildman–Crippen MR) is 93.0 cm³/mol. The Hall–Kier alpha value is -2.33. The summed E-state index contributed by atoms with van der Waals surface area (Å²) >= 11 is 0. The molecular weight excluding hydrogens is 300 g/mol. The molecule has 124 valence electrons. The summed E-state index contributed by atoms with van der Waals surface area (Å²) in [5.74, 6) is 1.18. The topological polar surface area (TPSA) is 50.4 Å². The molecule has 2 N–H and O–H groups in total. The summed E-state index contributed by atoms with van der Waals surface area (Å²) in [6, 6.07) is 16.3. The van der Waals surface area contributed by atoms with Crippen LogP contribution in [0.15, 0.2) is 48.5 Å². The standard InChI is InChI=1S/C20H22N2O2/c23-20(17-12-21-13-17)22-19(14-5-2-1-3-6-14)16-8-9-18-15(11-16)7-4-10-24-18/h1-3,5-6,8-9,11,17,19,21H,4,7,10,12-13H2,(H,22,23). The summed E-state index contributed by atoms with van der Waals surface area (Å²) in [4.78, 5) is 12.5. The average Bonchev–Trinajstić information content (AvgIpc) is 2.58. The van der Waals surface area contributed by atoms with E-state index in [1.54, 1.807) is 0 Å². The van der Waals surface area contributed by atoms with Gasteiger partial charge in [-0.2, -0.15) is 0 Å². The predicted octanol–water partition coefficient (Wildman–Crippen LogP) is 2.44. The van der Waals surface area contributed by atoms with Crippen molar-refractivity contribution in [1.82, 2.24) is 10.6 Å². The molecule has 0 aliphatic carbocycles. The van der Waals surface area contributed by atoms with Gasteiger partial charge >= 0.3 is 0 Å². The molecule has 4 nitrogen and oxygen atoms in total. The number of fused-ring (bicyclic) bond motifs is 1. The zero-order chi connectivity index (χ0) is 16.4. The van der Waals surface area contributed by atoms with Crippen LogP contribution < -0.4 is 15.4 Å². The second-order valence-electron chi connectivity index (χ2n) is 6.53. The number of rotatable bonds is 4. The van der Waals surface area contributed by atoms with Crippen LogP contribution in [0.25, 0.3) is 0 Å². The maximum absolute atomic E-state index is 12.5. The molecule has 4 rings (SSSR count). The van der Waals surface area contributed by atoms with Crippen molar-refractivity contribution in [2.24, 2.45) is 5.92 Å². The van der Waals surface area contributed by atoms with Crippen molar-refractivity contribution in [2.45, 2.75) is 18.9 Å². The number of carbonyl (C=O) groups is 1. The average molecular weight is 322 g/mol. The number of ether oxygens (including phenoxy) is 1. The number of amides is 1. The zero-order valence-electron chi connectivity index (χ0n) is 13.6. The van der Waals surface area contributed by atoms with Gasteiger partial charge in [0.05, 0.1) is 18.6 Å². The smallest absolute Gasteiger partial charge is 0.226 e. The van der Waals surface area contributed by atoms with Gasteiger partial charge in [-0.1, -0.05) is 36.4 Å². The highest BCUT2D eigenvalue weighted by Crippen LogP contribution is 2.30. The normalized spacial score (nSPS) is 18.0. The second-order valence-corrected chi connectivity index (χ2v) is 6.53. The SMILES string of the molecule is O=C(NC(c1ccccc1)c1ccc2c(c1)CCCO2)C1CNC1. The number of hydrogen-bond donors (Lipinski definition) is 2. The van der Waals surface area contributed by atoms with Crippen LogP contribution in [0.2, 0.25) is 0 Å². The Morgan fingerprint density at radius 1 is 1.12 bits per heavy atom. The van der Waals surface area contributed by atoms with Crippen molar-refractivity contribution in [3.05, 3.63) is 65.2 Å². The van der Waals surface area contributed by atoms with Crippen LogP contribution in [0.1, 0.15) is 29.2 Å².